The first-order valence-electron chi connectivity index (χ1n) is 7.82. The van der Waals surface area contributed by atoms with Crippen molar-refractivity contribution in [2.45, 2.75) is 20.3 Å². The molecule has 2 aromatic carbocycles. The van der Waals surface area contributed by atoms with E-state index in [1.54, 1.807) is 48.5 Å². The van der Waals surface area contributed by atoms with E-state index in [1.165, 1.54) is 18.7 Å². The Morgan fingerprint density at radius 3 is 2.40 bits per heavy atom. The van der Waals surface area contributed by atoms with Crippen LogP contribution in [0.3, 0.4) is 0 Å². The van der Waals surface area contributed by atoms with Gasteiger partial charge in [-0.1, -0.05) is 35.9 Å². The van der Waals surface area contributed by atoms with Gasteiger partial charge in [0.15, 0.2) is 5.78 Å². The van der Waals surface area contributed by atoms with Gasteiger partial charge in [-0.05, 0) is 31.2 Å². The third-order valence-electron chi connectivity index (χ3n) is 3.65. The molecule has 1 N–H and O–H groups in total. The molecule has 6 heteroatoms. The number of rotatable bonds is 6. The van der Waals surface area contributed by atoms with Crippen LogP contribution in [0.1, 0.15) is 30.6 Å². The third-order valence-corrected chi connectivity index (χ3v) is 3.98. The monoisotopic (exact) mass is 358 g/mol. The summed E-state index contributed by atoms with van der Waals surface area (Å²) in [7, 11) is 0. The van der Waals surface area contributed by atoms with Crippen LogP contribution in [0.5, 0.6) is 0 Å². The van der Waals surface area contributed by atoms with Gasteiger partial charge in [0.1, 0.15) is 0 Å². The average molecular weight is 359 g/mol. The zero-order chi connectivity index (χ0) is 18.4. The number of nitrogens with one attached hydrogen (secondary N) is 1. The highest BCUT2D eigenvalue weighted by Gasteiger charge is 2.15. The minimum atomic E-state index is -0.248. The predicted octanol–water partition coefficient (Wildman–Crippen LogP) is 3.92. The normalized spacial score (nSPS) is 10.2. The molecule has 0 saturated carbocycles. The zero-order valence-corrected chi connectivity index (χ0v) is 14.8. The summed E-state index contributed by atoms with van der Waals surface area (Å²) in [6.45, 7) is 3.09. The van der Waals surface area contributed by atoms with Crippen LogP contribution in [0.2, 0.25) is 5.02 Å². The van der Waals surface area contributed by atoms with Crippen molar-refractivity contribution in [3.05, 3.63) is 59.1 Å². The summed E-state index contributed by atoms with van der Waals surface area (Å²) >= 11 is 6.01. The van der Waals surface area contributed by atoms with Crippen molar-refractivity contribution in [2.75, 3.05) is 16.8 Å². The first-order chi connectivity index (χ1) is 11.9. The predicted molar refractivity (Wildman–Crippen MR) is 99.2 cm³/mol. The van der Waals surface area contributed by atoms with Crippen molar-refractivity contribution >= 4 is 40.6 Å². The fourth-order valence-corrected chi connectivity index (χ4v) is 2.53. The molecule has 2 aromatic rings. The van der Waals surface area contributed by atoms with E-state index in [0.717, 1.165) is 0 Å². The second-order valence-electron chi connectivity index (χ2n) is 5.56. The Bertz CT molecular complexity index is 805. The van der Waals surface area contributed by atoms with Gasteiger partial charge in [-0.25, -0.2) is 0 Å². The van der Waals surface area contributed by atoms with Gasteiger partial charge in [0, 0.05) is 31.1 Å². The fraction of sp³-hybridized carbons (Fsp3) is 0.211. The molecule has 0 unspecified atom stereocenters. The van der Waals surface area contributed by atoms with Crippen LogP contribution >= 0.6 is 11.6 Å². The molecule has 0 aliphatic heterocycles. The van der Waals surface area contributed by atoms with Crippen LogP contribution < -0.4 is 10.2 Å². The average Bonchev–Trinajstić information content (AvgIpc) is 2.57. The lowest BCUT2D eigenvalue weighted by Crippen LogP contribution is -2.32. The van der Waals surface area contributed by atoms with Gasteiger partial charge in [0.2, 0.25) is 11.8 Å². The fourth-order valence-electron chi connectivity index (χ4n) is 2.35. The molecule has 0 radical (unpaired) electrons. The summed E-state index contributed by atoms with van der Waals surface area (Å²) in [5.41, 5.74) is 1.64. The minimum absolute atomic E-state index is 0.0817. The standard InChI is InChI=1S/C19H19ClN2O3/c1-13(23)15-6-5-7-16(12-15)22(14(2)24)11-10-19(25)21-18-9-4-3-8-17(18)20/h3-9,12H,10-11H2,1-2H3,(H,21,25). The molecule has 130 valence electrons. The number of halogens is 1. The minimum Gasteiger partial charge on any atom is -0.325 e. The SMILES string of the molecule is CC(=O)c1cccc(N(CCC(=O)Nc2ccccc2Cl)C(C)=O)c1. The maximum atomic E-state index is 12.1. The summed E-state index contributed by atoms with van der Waals surface area (Å²) in [5, 5.41) is 3.17. The number of ketones is 1. The van der Waals surface area contributed by atoms with E-state index < -0.39 is 0 Å². The van der Waals surface area contributed by atoms with Gasteiger partial charge in [0.05, 0.1) is 10.7 Å². The Kier molecular flexibility index (Phi) is 6.31. The van der Waals surface area contributed by atoms with Crippen molar-refractivity contribution in [3.8, 4) is 0 Å². The molecular formula is C19H19ClN2O3. The van der Waals surface area contributed by atoms with Gasteiger partial charge < -0.3 is 10.2 Å². The molecule has 2 rings (SSSR count). The number of benzene rings is 2. The van der Waals surface area contributed by atoms with Crippen molar-refractivity contribution < 1.29 is 14.4 Å². The lowest BCUT2D eigenvalue weighted by atomic mass is 10.1. The molecule has 0 saturated heterocycles. The van der Waals surface area contributed by atoms with Gasteiger partial charge in [-0.3, -0.25) is 14.4 Å². The quantitative estimate of drug-likeness (QED) is 0.796. The van der Waals surface area contributed by atoms with Gasteiger partial charge in [0.25, 0.3) is 0 Å². The molecular weight excluding hydrogens is 340 g/mol. The largest absolute Gasteiger partial charge is 0.325 e. The topological polar surface area (TPSA) is 66.5 Å². The Hall–Kier alpha value is -2.66. The molecule has 0 bridgehead atoms. The second-order valence-corrected chi connectivity index (χ2v) is 5.96. The summed E-state index contributed by atoms with van der Waals surface area (Å²) < 4.78 is 0. The molecule has 0 aromatic heterocycles. The number of para-hydroxylation sites is 1. The first-order valence-corrected chi connectivity index (χ1v) is 8.20. The molecule has 0 aliphatic carbocycles. The van der Waals surface area contributed by atoms with Crippen LogP contribution in [0.4, 0.5) is 11.4 Å². The van der Waals surface area contributed by atoms with Crippen LogP contribution in [0.15, 0.2) is 48.5 Å². The lowest BCUT2D eigenvalue weighted by Gasteiger charge is -2.21. The number of nitrogens with zero attached hydrogens (tertiary/aromatic N) is 1. The van der Waals surface area contributed by atoms with E-state index in [9.17, 15) is 14.4 Å². The highest BCUT2D eigenvalue weighted by molar-refractivity contribution is 6.33. The third kappa shape index (κ3) is 5.16. The van der Waals surface area contributed by atoms with Crippen molar-refractivity contribution in [3.63, 3.8) is 0 Å². The molecule has 0 aliphatic rings. The molecule has 25 heavy (non-hydrogen) atoms. The number of hydrogen-bond acceptors (Lipinski definition) is 3. The molecule has 2 amide bonds. The number of hydrogen-bond donors (Lipinski definition) is 1. The Morgan fingerprint density at radius 2 is 1.76 bits per heavy atom. The molecule has 0 fully saturated rings. The summed E-state index contributed by atoms with van der Waals surface area (Å²) in [4.78, 5) is 37.1. The van der Waals surface area contributed by atoms with E-state index in [0.29, 0.717) is 22.0 Å². The highest BCUT2D eigenvalue weighted by atomic mass is 35.5. The van der Waals surface area contributed by atoms with Crippen molar-refractivity contribution in [1.29, 1.82) is 0 Å². The van der Waals surface area contributed by atoms with E-state index in [-0.39, 0.29) is 30.6 Å². The summed E-state index contributed by atoms with van der Waals surface area (Å²) in [5.74, 6) is -0.532. The lowest BCUT2D eigenvalue weighted by molar-refractivity contribution is -0.117. The number of carbonyl (C=O) groups is 3. The van der Waals surface area contributed by atoms with Gasteiger partial charge >= 0.3 is 0 Å². The van der Waals surface area contributed by atoms with E-state index in [1.807, 2.05) is 0 Å². The highest BCUT2D eigenvalue weighted by Crippen LogP contribution is 2.21. The number of anilines is 2. The number of carbonyl (C=O) groups excluding carboxylic acids is 3. The summed E-state index contributed by atoms with van der Waals surface area (Å²) in [6, 6.07) is 13.7. The summed E-state index contributed by atoms with van der Waals surface area (Å²) in [6.07, 6.45) is 0.106. The van der Waals surface area contributed by atoms with Crippen LogP contribution in [0.25, 0.3) is 0 Å². The molecule has 5 nitrogen and oxygen atoms in total. The maximum absolute atomic E-state index is 12.1. The van der Waals surface area contributed by atoms with Crippen molar-refractivity contribution in [1.82, 2.24) is 0 Å². The van der Waals surface area contributed by atoms with Crippen LogP contribution in [-0.2, 0) is 9.59 Å². The molecule has 0 heterocycles. The zero-order valence-electron chi connectivity index (χ0n) is 14.1. The molecule has 0 atom stereocenters. The van der Waals surface area contributed by atoms with E-state index in [2.05, 4.69) is 5.32 Å². The Morgan fingerprint density at radius 1 is 1.04 bits per heavy atom. The van der Waals surface area contributed by atoms with Gasteiger partial charge in [-0.15, -0.1) is 0 Å². The number of Topliss-reactive ketones (excluding diaryl/α,β-unsaturated/α-hetero) is 1. The molecule has 0 spiro atoms. The maximum Gasteiger partial charge on any atom is 0.226 e. The van der Waals surface area contributed by atoms with E-state index in [4.69, 9.17) is 11.6 Å². The van der Waals surface area contributed by atoms with Crippen molar-refractivity contribution in [2.24, 2.45) is 0 Å². The van der Waals surface area contributed by atoms with Crippen LogP contribution in [0, 0.1) is 0 Å². The van der Waals surface area contributed by atoms with Crippen LogP contribution in [-0.4, -0.2) is 24.1 Å². The van der Waals surface area contributed by atoms with Gasteiger partial charge in [-0.2, -0.15) is 0 Å². The number of amides is 2. The van der Waals surface area contributed by atoms with E-state index >= 15 is 0 Å². The Labute approximate surface area is 151 Å². The Balaban J connectivity index is 2.06. The first kappa shape index (κ1) is 18.7. The smallest absolute Gasteiger partial charge is 0.226 e. The second kappa shape index (κ2) is 8.44.